The number of carbonyl (C=O) groups is 1. The van der Waals surface area contributed by atoms with Crippen LogP contribution in [0.2, 0.25) is 0 Å². The van der Waals surface area contributed by atoms with Crippen LogP contribution < -0.4 is 4.90 Å². The summed E-state index contributed by atoms with van der Waals surface area (Å²) in [6.07, 6.45) is 3.62. The molecular weight excluding hydrogens is 266 g/mol. The Morgan fingerprint density at radius 3 is 2.86 bits per heavy atom. The molecule has 1 aliphatic rings. The third kappa shape index (κ3) is 3.15. The number of nitrogens with zero attached hydrogens (tertiary/aromatic N) is 3. The van der Waals surface area contributed by atoms with Gasteiger partial charge in [-0.3, -0.25) is 4.79 Å². The molecule has 0 amide bonds. The number of methoxy groups -OCH3 is 1. The number of hydrogen-bond acceptors (Lipinski definition) is 5. The van der Waals surface area contributed by atoms with E-state index < -0.39 is 5.41 Å². The van der Waals surface area contributed by atoms with Gasteiger partial charge in [0.15, 0.2) is 0 Å². The molecule has 5 heteroatoms. The number of carbonyl (C=O) groups excluding carboxylic acids is 1. The van der Waals surface area contributed by atoms with Crippen LogP contribution in [0.4, 0.5) is 5.82 Å². The van der Waals surface area contributed by atoms with E-state index >= 15 is 0 Å². The molecule has 0 aliphatic carbocycles. The van der Waals surface area contributed by atoms with Crippen LogP contribution in [0.5, 0.6) is 0 Å². The van der Waals surface area contributed by atoms with Crippen LogP contribution in [0, 0.1) is 22.7 Å². The lowest BCUT2D eigenvalue weighted by molar-refractivity contribution is -0.154. The Kier molecular flexibility index (Phi) is 4.46. The van der Waals surface area contributed by atoms with Gasteiger partial charge in [0, 0.05) is 19.3 Å². The van der Waals surface area contributed by atoms with Crippen LogP contribution in [0.25, 0.3) is 0 Å². The second kappa shape index (κ2) is 6.13. The zero-order valence-corrected chi connectivity index (χ0v) is 12.8. The number of hydrogen-bond donors (Lipinski definition) is 0. The van der Waals surface area contributed by atoms with Crippen LogP contribution in [0.1, 0.15) is 32.3 Å². The third-order valence-electron chi connectivity index (χ3n) is 4.35. The number of pyridine rings is 1. The van der Waals surface area contributed by atoms with Crippen molar-refractivity contribution in [2.45, 2.75) is 26.7 Å². The third-order valence-corrected chi connectivity index (χ3v) is 4.35. The molecule has 2 heterocycles. The second-order valence-electron chi connectivity index (χ2n) is 6.02. The van der Waals surface area contributed by atoms with Crippen LogP contribution in [-0.4, -0.2) is 31.2 Å². The molecule has 1 aromatic rings. The molecule has 0 radical (unpaired) electrons. The first kappa shape index (κ1) is 15.3. The van der Waals surface area contributed by atoms with E-state index in [-0.39, 0.29) is 11.9 Å². The number of ether oxygens (including phenoxy) is 1. The van der Waals surface area contributed by atoms with E-state index in [1.54, 1.807) is 12.3 Å². The van der Waals surface area contributed by atoms with Gasteiger partial charge in [-0.25, -0.2) is 4.98 Å². The lowest BCUT2D eigenvalue weighted by atomic mass is 9.74. The summed E-state index contributed by atoms with van der Waals surface area (Å²) in [5.74, 6) is 0.928. The number of anilines is 1. The first-order valence-corrected chi connectivity index (χ1v) is 7.18. The summed E-state index contributed by atoms with van der Waals surface area (Å²) in [6.45, 7) is 5.59. The molecule has 5 nitrogen and oxygen atoms in total. The molecule has 0 bridgehead atoms. The lowest BCUT2D eigenvalue weighted by Crippen LogP contribution is -2.45. The van der Waals surface area contributed by atoms with E-state index in [1.165, 1.54) is 7.11 Å². The molecule has 1 aromatic heterocycles. The van der Waals surface area contributed by atoms with Gasteiger partial charge in [-0.2, -0.15) is 5.26 Å². The lowest BCUT2D eigenvalue weighted by Gasteiger charge is -2.40. The summed E-state index contributed by atoms with van der Waals surface area (Å²) in [7, 11) is 1.44. The van der Waals surface area contributed by atoms with Gasteiger partial charge in [0.1, 0.15) is 11.9 Å². The Hall–Kier alpha value is -2.09. The highest BCUT2D eigenvalue weighted by atomic mass is 16.5. The highest BCUT2D eigenvalue weighted by Crippen LogP contribution is 2.36. The Morgan fingerprint density at radius 2 is 2.29 bits per heavy atom. The summed E-state index contributed by atoms with van der Waals surface area (Å²) < 4.78 is 4.93. The summed E-state index contributed by atoms with van der Waals surface area (Å²) in [4.78, 5) is 18.5. The minimum atomic E-state index is -0.500. The summed E-state index contributed by atoms with van der Waals surface area (Å²) in [6, 6.07) is 5.71. The quantitative estimate of drug-likeness (QED) is 0.798. The topological polar surface area (TPSA) is 66.2 Å². The normalized spacial score (nSPS) is 19.0. The molecule has 0 saturated carbocycles. The molecule has 1 atom stereocenters. The molecule has 2 rings (SSSR count). The van der Waals surface area contributed by atoms with Crippen molar-refractivity contribution in [1.29, 1.82) is 5.26 Å². The summed E-state index contributed by atoms with van der Waals surface area (Å²) in [5.41, 5.74) is 0.0576. The zero-order valence-electron chi connectivity index (χ0n) is 12.8. The average molecular weight is 287 g/mol. The van der Waals surface area contributed by atoms with Crippen molar-refractivity contribution in [2.75, 3.05) is 25.1 Å². The fraction of sp³-hybridized carbons (Fsp3) is 0.562. The molecule has 1 aliphatic heterocycles. The highest BCUT2D eigenvalue weighted by molar-refractivity contribution is 5.76. The predicted molar refractivity (Wildman–Crippen MR) is 79.7 cm³/mol. The smallest absolute Gasteiger partial charge is 0.311 e. The second-order valence-corrected chi connectivity index (χ2v) is 6.02. The molecule has 1 fully saturated rings. The SMILES string of the molecule is COC(=O)C(C)(C)C1CCCN(c2ccc(C#N)cn2)C1. The maximum Gasteiger partial charge on any atom is 0.311 e. The van der Waals surface area contributed by atoms with Crippen molar-refractivity contribution < 1.29 is 9.53 Å². The Labute approximate surface area is 125 Å². The number of esters is 1. The molecule has 1 saturated heterocycles. The van der Waals surface area contributed by atoms with Crippen molar-refractivity contribution >= 4 is 11.8 Å². The average Bonchev–Trinajstić information content (AvgIpc) is 2.54. The number of aromatic nitrogens is 1. The van der Waals surface area contributed by atoms with Gasteiger partial charge < -0.3 is 9.64 Å². The monoisotopic (exact) mass is 287 g/mol. The van der Waals surface area contributed by atoms with Crippen molar-refractivity contribution in [1.82, 2.24) is 4.98 Å². The molecule has 21 heavy (non-hydrogen) atoms. The maximum absolute atomic E-state index is 12.0. The van der Waals surface area contributed by atoms with Crippen molar-refractivity contribution in [3.63, 3.8) is 0 Å². The van der Waals surface area contributed by atoms with Crippen molar-refractivity contribution in [3.05, 3.63) is 23.9 Å². The van der Waals surface area contributed by atoms with E-state index in [4.69, 9.17) is 10.00 Å². The van der Waals surface area contributed by atoms with E-state index in [0.717, 1.165) is 31.7 Å². The molecule has 0 aromatic carbocycles. The highest BCUT2D eigenvalue weighted by Gasteiger charge is 2.40. The van der Waals surface area contributed by atoms with Crippen LogP contribution in [-0.2, 0) is 9.53 Å². The fourth-order valence-electron chi connectivity index (χ4n) is 2.84. The van der Waals surface area contributed by atoms with Crippen LogP contribution in [0.15, 0.2) is 18.3 Å². The molecular formula is C16H21N3O2. The van der Waals surface area contributed by atoms with Gasteiger partial charge in [-0.1, -0.05) is 0 Å². The number of piperidine rings is 1. The van der Waals surface area contributed by atoms with E-state index in [9.17, 15) is 4.79 Å². The number of rotatable bonds is 3. The van der Waals surface area contributed by atoms with Gasteiger partial charge in [0.25, 0.3) is 0 Å². The zero-order chi connectivity index (χ0) is 15.5. The van der Waals surface area contributed by atoms with E-state index in [0.29, 0.717) is 5.56 Å². The first-order valence-electron chi connectivity index (χ1n) is 7.18. The summed E-state index contributed by atoms with van der Waals surface area (Å²) in [5, 5.41) is 8.82. The van der Waals surface area contributed by atoms with Gasteiger partial charge in [-0.15, -0.1) is 0 Å². The largest absolute Gasteiger partial charge is 0.469 e. The summed E-state index contributed by atoms with van der Waals surface area (Å²) >= 11 is 0. The molecule has 0 spiro atoms. The van der Waals surface area contributed by atoms with Crippen LogP contribution >= 0.6 is 0 Å². The molecule has 0 N–H and O–H groups in total. The fourth-order valence-corrected chi connectivity index (χ4v) is 2.84. The first-order chi connectivity index (χ1) is 9.98. The predicted octanol–water partition coefficient (Wildman–Crippen LogP) is 2.37. The minimum absolute atomic E-state index is 0.165. The number of nitriles is 1. The Balaban J connectivity index is 2.13. The van der Waals surface area contributed by atoms with Gasteiger partial charge in [-0.05, 0) is 44.7 Å². The Morgan fingerprint density at radius 1 is 1.52 bits per heavy atom. The van der Waals surface area contributed by atoms with E-state index in [1.807, 2.05) is 19.9 Å². The molecule has 112 valence electrons. The standard InChI is InChI=1S/C16H21N3O2/c1-16(2,15(20)21-3)13-5-4-8-19(11-13)14-7-6-12(9-17)10-18-14/h6-7,10,13H,4-5,8,11H2,1-3H3. The minimum Gasteiger partial charge on any atom is -0.469 e. The maximum atomic E-state index is 12.0. The van der Waals surface area contributed by atoms with Crippen molar-refractivity contribution in [2.24, 2.45) is 11.3 Å². The van der Waals surface area contributed by atoms with Crippen LogP contribution in [0.3, 0.4) is 0 Å². The van der Waals surface area contributed by atoms with Gasteiger partial charge in [0.2, 0.25) is 0 Å². The molecule has 1 unspecified atom stereocenters. The van der Waals surface area contributed by atoms with Crippen molar-refractivity contribution in [3.8, 4) is 6.07 Å². The van der Waals surface area contributed by atoms with Gasteiger partial charge >= 0.3 is 5.97 Å². The van der Waals surface area contributed by atoms with E-state index in [2.05, 4.69) is 16.0 Å². The Bertz CT molecular complexity index is 546. The van der Waals surface area contributed by atoms with Gasteiger partial charge in [0.05, 0.1) is 18.1 Å².